The average molecular weight is 400 g/mol. The number of H-pyrrole nitrogens is 1. The van der Waals surface area contributed by atoms with Crippen LogP contribution in [0, 0.1) is 5.82 Å². The molecule has 0 saturated heterocycles. The van der Waals surface area contributed by atoms with E-state index < -0.39 is 10.0 Å². The number of aromatic nitrogens is 2. The fraction of sp³-hybridized carbons (Fsp3) is 0.200. The van der Waals surface area contributed by atoms with Gasteiger partial charge < -0.3 is 0 Å². The number of hydrogen-bond acceptors (Lipinski definition) is 4. The number of aromatic amines is 1. The van der Waals surface area contributed by atoms with E-state index in [1.807, 2.05) is 0 Å². The van der Waals surface area contributed by atoms with Crippen molar-refractivity contribution in [2.45, 2.75) is 31.1 Å². The van der Waals surface area contributed by atoms with E-state index in [1.54, 1.807) is 36.4 Å². The first-order valence-electron chi connectivity index (χ1n) is 8.61. The number of rotatable bonds is 5. The van der Waals surface area contributed by atoms with E-state index in [1.165, 1.54) is 24.5 Å². The Hall–Kier alpha value is -3.00. The van der Waals surface area contributed by atoms with Gasteiger partial charge in [-0.3, -0.25) is 5.10 Å². The predicted molar refractivity (Wildman–Crippen MR) is 107 cm³/mol. The maximum absolute atomic E-state index is 13.1. The lowest BCUT2D eigenvalue weighted by Crippen LogP contribution is -2.19. The molecular formula is C20H21FN4O2S. The van der Waals surface area contributed by atoms with Gasteiger partial charge in [-0.25, -0.2) is 9.22 Å². The lowest BCUT2D eigenvalue weighted by atomic mass is 9.87. The maximum Gasteiger partial charge on any atom is 0.276 e. The molecule has 2 aromatic carbocycles. The fourth-order valence-electron chi connectivity index (χ4n) is 2.59. The zero-order valence-electron chi connectivity index (χ0n) is 15.8. The van der Waals surface area contributed by atoms with Crippen molar-refractivity contribution in [3.05, 3.63) is 71.7 Å². The van der Waals surface area contributed by atoms with Gasteiger partial charge >= 0.3 is 0 Å². The van der Waals surface area contributed by atoms with Crippen LogP contribution in [0.15, 0.2) is 64.7 Å². The first-order valence-corrected chi connectivity index (χ1v) is 10.1. The summed E-state index contributed by atoms with van der Waals surface area (Å²) in [5.74, 6) is -0.344. The van der Waals surface area contributed by atoms with Crippen LogP contribution in [0.2, 0.25) is 0 Å². The van der Waals surface area contributed by atoms with Crippen molar-refractivity contribution in [2.24, 2.45) is 5.10 Å². The number of nitrogens with one attached hydrogen (secondary N) is 2. The van der Waals surface area contributed by atoms with Crippen molar-refractivity contribution in [1.82, 2.24) is 15.0 Å². The molecule has 0 atom stereocenters. The van der Waals surface area contributed by atoms with Gasteiger partial charge in [-0.1, -0.05) is 32.9 Å². The van der Waals surface area contributed by atoms with Gasteiger partial charge in [0.05, 0.1) is 23.0 Å². The Bertz CT molecular complexity index is 1080. The predicted octanol–water partition coefficient (Wildman–Crippen LogP) is 3.83. The molecule has 8 heteroatoms. The molecule has 1 heterocycles. The zero-order chi connectivity index (χ0) is 20.4. The van der Waals surface area contributed by atoms with Crippen LogP contribution >= 0.6 is 0 Å². The third-order valence-electron chi connectivity index (χ3n) is 4.21. The molecule has 0 radical (unpaired) electrons. The van der Waals surface area contributed by atoms with Gasteiger partial charge in [-0.15, -0.1) is 0 Å². The molecule has 0 fully saturated rings. The van der Waals surface area contributed by atoms with Gasteiger partial charge in [0.15, 0.2) is 0 Å². The lowest BCUT2D eigenvalue weighted by molar-refractivity contribution is 0.580. The molecule has 0 aliphatic heterocycles. The minimum absolute atomic E-state index is 0.0636. The van der Waals surface area contributed by atoms with E-state index in [0.717, 1.165) is 5.56 Å². The second-order valence-electron chi connectivity index (χ2n) is 7.33. The Balaban J connectivity index is 1.76. The molecule has 0 aliphatic carbocycles. The van der Waals surface area contributed by atoms with E-state index in [0.29, 0.717) is 16.8 Å². The van der Waals surface area contributed by atoms with E-state index in [4.69, 9.17) is 0 Å². The van der Waals surface area contributed by atoms with Crippen molar-refractivity contribution in [1.29, 1.82) is 0 Å². The molecule has 0 bridgehead atoms. The number of nitrogens with zero attached hydrogens (tertiary/aromatic N) is 2. The van der Waals surface area contributed by atoms with Crippen molar-refractivity contribution in [3.63, 3.8) is 0 Å². The van der Waals surface area contributed by atoms with E-state index >= 15 is 0 Å². The molecule has 3 aromatic rings. The van der Waals surface area contributed by atoms with Gasteiger partial charge in [-0.05, 0) is 47.4 Å². The summed E-state index contributed by atoms with van der Waals surface area (Å²) >= 11 is 0. The molecule has 1 aromatic heterocycles. The van der Waals surface area contributed by atoms with Gasteiger partial charge in [0.25, 0.3) is 10.0 Å². The molecule has 28 heavy (non-hydrogen) atoms. The van der Waals surface area contributed by atoms with E-state index in [9.17, 15) is 12.8 Å². The molecule has 0 unspecified atom stereocenters. The van der Waals surface area contributed by atoms with Crippen LogP contribution in [-0.2, 0) is 15.4 Å². The highest BCUT2D eigenvalue weighted by Crippen LogP contribution is 2.23. The first kappa shape index (κ1) is 19.8. The van der Waals surface area contributed by atoms with Gasteiger partial charge in [0.2, 0.25) is 0 Å². The molecule has 146 valence electrons. The molecule has 0 spiro atoms. The summed E-state index contributed by atoms with van der Waals surface area (Å²) in [7, 11) is -3.79. The summed E-state index contributed by atoms with van der Waals surface area (Å²) in [5, 5.41) is 10.6. The zero-order valence-corrected chi connectivity index (χ0v) is 16.6. The standard InChI is InChI=1S/C20H21FN4O2S/c1-20(2,3)16-6-10-18(11-7-16)28(26,27)25-23-13-15-12-22-24-19(15)14-4-8-17(21)9-5-14/h4-13,25H,1-3H3,(H,22,24). The monoisotopic (exact) mass is 400 g/mol. The summed E-state index contributed by atoms with van der Waals surface area (Å²) in [6.07, 6.45) is 2.86. The van der Waals surface area contributed by atoms with Crippen LogP contribution < -0.4 is 4.83 Å². The summed E-state index contributed by atoms with van der Waals surface area (Å²) in [6.45, 7) is 6.17. The van der Waals surface area contributed by atoms with Crippen LogP contribution in [-0.4, -0.2) is 24.8 Å². The minimum Gasteiger partial charge on any atom is -0.277 e. The third-order valence-corrected chi connectivity index (χ3v) is 5.45. The highest BCUT2D eigenvalue weighted by atomic mass is 32.2. The Labute approximate surface area is 163 Å². The largest absolute Gasteiger partial charge is 0.277 e. The Morgan fingerprint density at radius 3 is 2.32 bits per heavy atom. The summed E-state index contributed by atoms with van der Waals surface area (Å²) in [6, 6.07) is 12.6. The molecule has 0 amide bonds. The molecule has 6 nitrogen and oxygen atoms in total. The van der Waals surface area contributed by atoms with E-state index in [2.05, 4.69) is 40.9 Å². The van der Waals surface area contributed by atoms with Crippen LogP contribution in [0.3, 0.4) is 0 Å². The summed E-state index contributed by atoms with van der Waals surface area (Å²) in [5.41, 5.74) is 2.86. The fourth-order valence-corrected chi connectivity index (χ4v) is 3.38. The normalized spacial score (nSPS) is 12.4. The second-order valence-corrected chi connectivity index (χ2v) is 9.00. The van der Waals surface area contributed by atoms with Crippen LogP contribution in [0.5, 0.6) is 0 Å². The topological polar surface area (TPSA) is 87.2 Å². The molecule has 0 aliphatic rings. The van der Waals surface area contributed by atoms with Crippen LogP contribution in [0.25, 0.3) is 11.3 Å². The minimum atomic E-state index is -3.79. The number of benzene rings is 2. The van der Waals surface area contributed by atoms with Crippen molar-refractivity contribution < 1.29 is 12.8 Å². The SMILES string of the molecule is CC(C)(C)c1ccc(S(=O)(=O)NN=Cc2cn[nH]c2-c2ccc(F)cc2)cc1. The number of hydrogen-bond donors (Lipinski definition) is 2. The third kappa shape index (κ3) is 4.45. The summed E-state index contributed by atoms with van der Waals surface area (Å²) < 4.78 is 37.9. The quantitative estimate of drug-likeness (QED) is 0.504. The van der Waals surface area contributed by atoms with Gasteiger partial charge in [0, 0.05) is 11.1 Å². The maximum atomic E-state index is 13.1. The lowest BCUT2D eigenvalue weighted by Gasteiger charge is -2.19. The van der Waals surface area contributed by atoms with E-state index in [-0.39, 0.29) is 16.1 Å². The molecule has 2 N–H and O–H groups in total. The van der Waals surface area contributed by atoms with Crippen LogP contribution in [0.1, 0.15) is 31.9 Å². The first-order chi connectivity index (χ1) is 13.2. The van der Waals surface area contributed by atoms with Gasteiger partial charge in [0.1, 0.15) is 5.82 Å². The number of sulfonamides is 1. The number of hydrazone groups is 1. The second kappa shape index (κ2) is 7.55. The Morgan fingerprint density at radius 2 is 1.71 bits per heavy atom. The Morgan fingerprint density at radius 1 is 1.07 bits per heavy atom. The molecule has 3 rings (SSSR count). The Kier molecular flexibility index (Phi) is 5.33. The van der Waals surface area contributed by atoms with Crippen molar-refractivity contribution in [2.75, 3.05) is 0 Å². The average Bonchev–Trinajstić information content (AvgIpc) is 3.10. The van der Waals surface area contributed by atoms with Gasteiger partial charge in [-0.2, -0.15) is 18.6 Å². The van der Waals surface area contributed by atoms with Crippen LogP contribution in [0.4, 0.5) is 4.39 Å². The van der Waals surface area contributed by atoms with Crippen molar-refractivity contribution >= 4 is 16.2 Å². The van der Waals surface area contributed by atoms with Crippen molar-refractivity contribution in [3.8, 4) is 11.3 Å². The molecular weight excluding hydrogens is 379 g/mol. The summed E-state index contributed by atoms with van der Waals surface area (Å²) in [4.78, 5) is 2.33. The molecule has 0 saturated carbocycles. The number of halogens is 1. The smallest absolute Gasteiger partial charge is 0.276 e. The highest BCUT2D eigenvalue weighted by molar-refractivity contribution is 7.89. The highest BCUT2D eigenvalue weighted by Gasteiger charge is 2.17.